The fraction of sp³-hybridized carbons (Fsp3) is 0.300. The number of hydrogen-bond donors (Lipinski definition) is 1. The minimum absolute atomic E-state index is 0.266. The first kappa shape index (κ1) is 8.85. The van der Waals surface area contributed by atoms with E-state index < -0.39 is 0 Å². The van der Waals surface area contributed by atoms with Crippen molar-refractivity contribution in [2.45, 2.75) is 19.3 Å². The predicted molar refractivity (Wildman–Crippen MR) is 56.6 cm³/mol. The Balaban J connectivity index is 2.13. The number of nitrogens with zero attached hydrogens (tertiary/aromatic N) is 3. The normalized spacial score (nSPS) is 14.2. The molecule has 0 aliphatic heterocycles. The molecule has 0 aromatic carbocycles. The van der Waals surface area contributed by atoms with E-state index in [1.54, 1.807) is 6.20 Å². The zero-order valence-corrected chi connectivity index (χ0v) is 8.75. The molecule has 1 aliphatic rings. The van der Waals surface area contributed by atoms with E-state index in [4.69, 9.17) is 11.6 Å². The fourth-order valence-corrected chi connectivity index (χ4v) is 2.15. The molecule has 15 heavy (non-hydrogen) atoms. The lowest BCUT2D eigenvalue weighted by atomic mass is 10.1. The molecule has 2 heterocycles. The van der Waals surface area contributed by atoms with Crippen LogP contribution in [0.3, 0.4) is 0 Å². The minimum atomic E-state index is 0.266. The first-order valence-electron chi connectivity index (χ1n) is 4.89. The lowest BCUT2D eigenvalue weighted by Crippen LogP contribution is -1.90. The summed E-state index contributed by atoms with van der Waals surface area (Å²) in [5, 5.41) is 7.59. The van der Waals surface area contributed by atoms with Gasteiger partial charge < -0.3 is 0 Å². The smallest absolute Gasteiger partial charge is 0.222 e. The average molecular weight is 221 g/mol. The van der Waals surface area contributed by atoms with Crippen LogP contribution in [-0.2, 0) is 12.8 Å². The van der Waals surface area contributed by atoms with Gasteiger partial charge in [-0.1, -0.05) is 0 Å². The Bertz CT molecular complexity index is 506. The molecule has 1 aliphatic carbocycles. The molecule has 5 heteroatoms. The maximum absolute atomic E-state index is 5.75. The van der Waals surface area contributed by atoms with Gasteiger partial charge in [0, 0.05) is 17.5 Å². The van der Waals surface area contributed by atoms with Crippen molar-refractivity contribution >= 4 is 11.6 Å². The van der Waals surface area contributed by atoms with E-state index in [9.17, 15) is 0 Å². The van der Waals surface area contributed by atoms with E-state index in [0.717, 1.165) is 24.2 Å². The molecule has 2 aromatic heterocycles. The number of aromatic nitrogens is 4. The average Bonchev–Trinajstić information content (AvgIpc) is 2.77. The van der Waals surface area contributed by atoms with Gasteiger partial charge in [-0.25, -0.2) is 9.97 Å². The van der Waals surface area contributed by atoms with Gasteiger partial charge in [-0.05, 0) is 36.9 Å². The van der Waals surface area contributed by atoms with Crippen molar-refractivity contribution in [2.75, 3.05) is 0 Å². The first-order chi connectivity index (χ1) is 7.34. The van der Waals surface area contributed by atoms with Gasteiger partial charge in [0.15, 0.2) is 0 Å². The molecule has 76 valence electrons. The van der Waals surface area contributed by atoms with E-state index in [1.165, 1.54) is 17.7 Å². The van der Waals surface area contributed by atoms with Crippen molar-refractivity contribution in [2.24, 2.45) is 0 Å². The van der Waals surface area contributed by atoms with Gasteiger partial charge in [-0.2, -0.15) is 5.10 Å². The minimum Gasteiger partial charge on any atom is -0.282 e. The molecule has 4 nitrogen and oxygen atoms in total. The van der Waals surface area contributed by atoms with Crippen LogP contribution in [0.1, 0.15) is 17.7 Å². The molecule has 0 radical (unpaired) electrons. The first-order valence-corrected chi connectivity index (χ1v) is 5.27. The quantitative estimate of drug-likeness (QED) is 0.748. The van der Waals surface area contributed by atoms with Crippen LogP contribution < -0.4 is 0 Å². The van der Waals surface area contributed by atoms with Crippen molar-refractivity contribution in [1.29, 1.82) is 0 Å². The number of H-pyrrole nitrogens is 1. The molecular weight excluding hydrogens is 212 g/mol. The van der Waals surface area contributed by atoms with Gasteiger partial charge in [0.2, 0.25) is 5.28 Å². The third kappa shape index (κ3) is 1.41. The highest BCUT2D eigenvalue weighted by Crippen LogP contribution is 2.29. The Labute approximate surface area is 91.7 Å². The number of nitrogens with one attached hydrogen (secondary N) is 1. The Morgan fingerprint density at radius 3 is 3.13 bits per heavy atom. The molecule has 0 amide bonds. The SMILES string of the molecule is Clc1nccc(-c2n[nH]c3c2CCC3)n1. The highest BCUT2D eigenvalue weighted by Gasteiger charge is 2.20. The molecule has 2 aromatic rings. The Morgan fingerprint density at radius 2 is 2.27 bits per heavy atom. The third-order valence-electron chi connectivity index (χ3n) is 2.68. The molecule has 1 N–H and O–H groups in total. The molecule has 0 atom stereocenters. The lowest BCUT2D eigenvalue weighted by Gasteiger charge is -1.98. The summed E-state index contributed by atoms with van der Waals surface area (Å²) in [5.41, 5.74) is 4.24. The van der Waals surface area contributed by atoms with Gasteiger partial charge in [0.1, 0.15) is 5.69 Å². The number of hydrogen-bond acceptors (Lipinski definition) is 3. The predicted octanol–water partition coefficient (Wildman–Crippen LogP) is 2.01. The summed E-state index contributed by atoms with van der Waals surface area (Å²) in [6.07, 6.45) is 5.00. The molecule has 3 rings (SSSR count). The molecule has 0 spiro atoms. The van der Waals surface area contributed by atoms with Crippen molar-refractivity contribution in [1.82, 2.24) is 20.2 Å². The maximum Gasteiger partial charge on any atom is 0.222 e. The maximum atomic E-state index is 5.75. The standard InChI is InChI=1S/C10H9ClN4/c11-10-12-5-4-8(13-10)9-6-2-1-3-7(6)14-15-9/h4-5H,1-3H2,(H,14,15). The van der Waals surface area contributed by atoms with Crippen molar-refractivity contribution in [3.05, 3.63) is 28.8 Å². The van der Waals surface area contributed by atoms with E-state index >= 15 is 0 Å². The zero-order valence-electron chi connectivity index (χ0n) is 8.00. The molecule has 0 saturated carbocycles. The molecule has 0 saturated heterocycles. The lowest BCUT2D eigenvalue weighted by molar-refractivity contribution is 0.865. The van der Waals surface area contributed by atoms with Crippen molar-refractivity contribution in [3.63, 3.8) is 0 Å². The summed E-state index contributed by atoms with van der Waals surface area (Å²) >= 11 is 5.75. The van der Waals surface area contributed by atoms with Gasteiger partial charge in [-0.3, -0.25) is 5.10 Å². The van der Waals surface area contributed by atoms with E-state index in [0.29, 0.717) is 0 Å². The molecule has 0 unspecified atom stereocenters. The highest BCUT2D eigenvalue weighted by atomic mass is 35.5. The van der Waals surface area contributed by atoms with E-state index in [-0.39, 0.29) is 5.28 Å². The van der Waals surface area contributed by atoms with Crippen molar-refractivity contribution in [3.8, 4) is 11.4 Å². The number of rotatable bonds is 1. The second-order valence-electron chi connectivity index (χ2n) is 3.59. The van der Waals surface area contributed by atoms with Crippen LogP contribution in [0.2, 0.25) is 5.28 Å². The number of aromatic amines is 1. The summed E-state index contributed by atoms with van der Waals surface area (Å²) in [5.74, 6) is 0. The van der Waals surface area contributed by atoms with Gasteiger partial charge in [-0.15, -0.1) is 0 Å². The van der Waals surface area contributed by atoms with Crippen LogP contribution in [-0.4, -0.2) is 20.2 Å². The van der Waals surface area contributed by atoms with Crippen LogP contribution in [0.15, 0.2) is 12.3 Å². The highest BCUT2D eigenvalue weighted by molar-refractivity contribution is 6.28. The van der Waals surface area contributed by atoms with Gasteiger partial charge in [0.05, 0.1) is 5.69 Å². The Morgan fingerprint density at radius 1 is 1.33 bits per heavy atom. The summed E-state index contributed by atoms with van der Waals surface area (Å²) in [4.78, 5) is 8.02. The monoisotopic (exact) mass is 220 g/mol. The van der Waals surface area contributed by atoms with Crippen LogP contribution in [0.5, 0.6) is 0 Å². The Kier molecular flexibility index (Phi) is 1.95. The largest absolute Gasteiger partial charge is 0.282 e. The fourth-order valence-electron chi connectivity index (χ4n) is 2.00. The second-order valence-corrected chi connectivity index (χ2v) is 3.93. The summed E-state index contributed by atoms with van der Waals surface area (Å²) in [6.45, 7) is 0. The van der Waals surface area contributed by atoms with Crippen LogP contribution in [0.4, 0.5) is 0 Å². The molecule has 0 fully saturated rings. The zero-order chi connectivity index (χ0) is 10.3. The molecular formula is C10H9ClN4. The topological polar surface area (TPSA) is 54.5 Å². The van der Waals surface area contributed by atoms with Crippen LogP contribution in [0.25, 0.3) is 11.4 Å². The second kappa shape index (κ2) is 3.31. The number of halogens is 1. The summed E-state index contributed by atoms with van der Waals surface area (Å²) in [7, 11) is 0. The van der Waals surface area contributed by atoms with Crippen molar-refractivity contribution < 1.29 is 0 Å². The number of aryl methyl sites for hydroxylation is 1. The van der Waals surface area contributed by atoms with E-state index in [2.05, 4.69) is 20.2 Å². The molecule has 0 bridgehead atoms. The summed E-state index contributed by atoms with van der Waals surface area (Å²) < 4.78 is 0. The third-order valence-corrected chi connectivity index (χ3v) is 2.86. The van der Waals surface area contributed by atoms with Crippen LogP contribution in [0, 0.1) is 0 Å². The van der Waals surface area contributed by atoms with Gasteiger partial charge >= 0.3 is 0 Å². The summed E-state index contributed by atoms with van der Waals surface area (Å²) in [6, 6.07) is 1.83. The van der Waals surface area contributed by atoms with Crippen LogP contribution >= 0.6 is 11.6 Å². The van der Waals surface area contributed by atoms with Gasteiger partial charge in [0.25, 0.3) is 0 Å². The Hall–Kier alpha value is -1.42. The van der Waals surface area contributed by atoms with E-state index in [1.807, 2.05) is 6.07 Å². The number of fused-ring (bicyclic) bond motifs is 1.